The zero-order valence-corrected chi connectivity index (χ0v) is 12.7. The zero-order valence-electron chi connectivity index (χ0n) is 11.8. The van der Waals surface area contributed by atoms with Gasteiger partial charge in [-0.25, -0.2) is 8.42 Å². The van der Waals surface area contributed by atoms with Gasteiger partial charge in [-0.3, -0.25) is 0 Å². The van der Waals surface area contributed by atoms with Crippen molar-refractivity contribution in [2.45, 2.75) is 30.7 Å². The molecule has 0 bridgehead atoms. The average molecular weight is 282 g/mol. The Kier molecular flexibility index (Phi) is 4.28. The van der Waals surface area contributed by atoms with Gasteiger partial charge in [0.2, 0.25) is 10.0 Å². The summed E-state index contributed by atoms with van der Waals surface area (Å²) in [5.41, 5.74) is 0.817. The van der Waals surface area contributed by atoms with Gasteiger partial charge < -0.3 is 4.90 Å². The summed E-state index contributed by atoms with van der Waals surface area (Å²) in [6.45, 7) is 3.07. The van der Waals surface area contributed by atoms with Gasteiger partial charge in [0.1, 0.15) is 0 Å². The molecule has 0 aromatic heterocycles. The van der Waals surface area contributed by atoms with Crippen molar-refractivity contribution in [1.82, 2.24) is 9.21 Å². The molecule has 5 heteroatoms. The molecule has 0 amide bonds. The molecule has 1 aliphatic rings. The van der Waals surface area contributed by atoms with Crippen molar-refractivity contribution in [2.24, 2.45) is 0 Å². The normalized spacial score (nSPS) is 18.9. The number of hydrogen-bond acceptors (Lipinski definition) is 3. The van der Waals surface area contributed by atoms with Gasteiger partial charge in [-0.1, -0.05) is 18.2 Å². The van der Waals surface area contributed by atoms with Gasteiger partial charge in [0.25, 0.3) is 0 Å². The minimum absolute atomic E-state index is 0.443. The number of sulfonamides is 1. The quantitative estimate of drug-likeness (QED) is 0.847. The molecule has 0 atom stereocenters. The topological polar surface area (TPSA) is 40.6 Å². The summed E-state index contributed by atoms with van der Waals surface area (Å²) in [6, 6.07) is 7.68. The maximum Gasteiger partial charge on any atom is 0.243 e. The fourth-order valence-electron chi connectivity index (χ4n) is 2.58. The Morgan fingerprint density at radius 3 is 2.26 bits per heavy atom. The van der Waals surface area contributed by atoms with Crippen LogP contribution in [0.1, 0.15) is 18.4 Å². The van der Waals surface area contributed by atoms with Crippen LogP contribution in [0, 0.1) is 6.92 Å². The molecule has 19 heavy (non-hydrogen) atoms. The third kappa shape index (κ3) is 2.99. The molecule has 1 aromatic carbocycles. The van der Waals surface area contributed by atoms with E-state index in [0.29, 0.717) is 24.0 Å². The Bertz CT molecular complexity index is 532. The summed E-state index contributed by atoms with van der Waals surface area (Å²) in [4.78, 5) is 2.62. The van der Waals surface area contributed by atoms with E-state index in [1.165, 1.54) is 0 Å². The maximum atomic E-state index is 12.6. The minimum Gasteiger partial charge on any atom is -0.306 e. The van der Waals surface area contributed by atoms with Crippen LogP contribution in [0.5, 0.6) is 0 Å². The molecule has 106 valence electrons. The van der Waals surface area contributed by atoms with E-state index in [-0.39, 0.29) is 0 Å². The Balaban J connectivity index is 2.17. The predicted octanol–water partition coefficient (Wildman–Crippen LogP) is 1.71. The van der Waals surface area contributed by atoms with Gasteiger partial charge in [-0.05, 0) is 45.5 Å². The largest absolute Gasteiger partial charge is 0.306 e. The molecule has 1 heterocycles. The second-order valence-electron chi connectivity index (χ2n) is 5.36. The van der Waals surface area contributed by atoms with Gasteiger partial charge in [0, 0.05) is 19.1 Å². The SMILES string of the molecule is Cc1ccccc1S(=O)(=O)N1CCC(N(C)C)CC1. The first-order valence-corrected chi connectivity index (χ1v) is 8.09. The van der Waals surface area contributed by atoms with Crippen LogP contribution in [-0.4, -0.2) is 50.8 Å². The maximum absolute atomic E-state index is 12.6. The van der Waals surface area contributed by atoms with Crippen molar-refractivity contribution >= 4 is 10.0 Å². The van der Waals surface area contributed by atoms with E-state index in [4.69, 9.17) is 0 Å². The molecule has 2 rings (SSSR count). The van der Waals surface area contributed by atoms with Crippen LogP contribution in [-0.2, 0) is 10.0 Å². The van der Waals surface area contributed by atoms with E-state index < -0.39 is 10.0 Å². The monoisotopic (exact) mass is 282 g/mol. The lowest BCUT2D eigenvalue weighted by Crippen LogP contribution is -2.44. The molecule has 4 nitrogen and oxygen atoms in total. The van der Waals surface area contributed by atoms with Crippen molar-refractivity contribution in [3.8, 4) is 0 Å². The van der Waals surface area contributed by atoms with E-state index in [1.54, 1.807) is 16.4 Å². The number of hydrogen-bond donors (Lipinski definition) is 0. The fourth-order valence-corrected chi connectivity index (χ4v) is 4.28. The predicted molar refractivity (Wildman–Crippen MR) is 76.6 cm³/mol. The summed E-state index contributed by atoms with van der Waals surface area (Å²) in [7, 11) is 0.776. The molecule has 0 radical (unpaired) electrons. The molecule has 0 spiro atoms. The third-order valence-electron chi connectivity index (χ3n) is 3.87. The molecule has 0 aliphatic carbocycles. The van der Waals surface area contributed by atoms with Crippen LogP contribution in [0.15, 0.2) is 29.2 Å². The van der Waals surface area contributed by atoms with Gasteiger partial charge in [0.15, 0.2) is 0 Å². The van der Waals surface area contributed by atoms with E-state index in [0.717, 1.165) is 18.4 Å². The molecule has 0 N–H and O–H groups in total. The molecular formula is C14H22N2O2S. The highest BCUT2D eigenvalue weighted by Crippen LogP contribution is 2.24. The highest BCUT2D eigenvalue weighted by atomic mass is 32.2. The number of nitrogens with zero attached hydrogens (tertiary/aromatic N) is 2. The van der Waals surface area contributed by atoms with Crippen molar-refractivity contribution in [1.29, 1.82) is 0 Å². The average Bonchev–Trinajstić information content (AvgIpc) is 2.39. The number of benzene rings is 1. The summed E-state index contributed by atoms with van der Waals surface area (Å²) in [6.07, 6.45) is 1.80. The number of rotatable bonds is 3. The van der Waals surface area contributed by atoms with E-state index in [2.05, 4.69) is 19.0 Å². The van der Waals surface area contributed by atoms with Crippen molar-refractivity contribution in [2.75, 3.05) is 27.2 Å². The van der Waals surface area contributed by atoms with Crippen LogP contribution in [0.4, 0.5) is 0 Å². The number of piperidine rings is 1. The molecule has 0 unspecified atom stereocenters. The third-order valence-corrected chi connectivity index (χ3v) is 5.92. The standard InChI is InChI=1S/C14H22N2O2S/c1-12-6-4-5-7-14(12)19(17,18)16-10-8-13(9-11-16)15(2)3/h4-7,13H,8-11H2,1-3H3. The Morgan fingerprint density at radius 1 is 1.16 bits per heavy atom. The van der Waals surface area contributed by atoms with Crippen LogP contribution in [0.25, 0.3) is 0 Å². The van der Waals surface area contributed by atoms with Gasteiger partial charge >= 0.3 is 0 Å². The molecule has 1 aromatic rings. The van der Waals surface area contributed by atoms with Gasteiger partial charge in [0.05, 0.1) is 4.90 Å². The molecule has 1 saturated heterocycles. The van der Waals surface area contributed by atoms with Gasteiger partial charge in [-0.15, -0.1) is 0 Å². The van der Waals surface area contributed by atoms with Crippen molar-refractivity contribution < 1.29 is 8.42 Å². The fraction of sp³-hybridized carbons (Fsp3) is 0.571. The summed E-state index contributed by atoms with van der Waals surface area (Å²) in [5.74, 6) is 0. The summed E-state index contributed by atoms with van der Waals surface area (Å²) >= 11 is 0. The molecule has 1 fully saturated rings. The van der Waals surface area contributed by atoms with Crippen molar-refractivity contribution in [3.63, 3.8) is 0 Å². The zero-order chi connectivity index (χ0) is 14.0. The first-order chi connectivity index (χ1) is 8.93. The summed E-state index contributed by atoms with van der Waals surface area (Å²) < 4.78 is 26.8. The van der Waals surface area contributed by atoms with Crippen molar-refractivity contribution in [3.05, 3.63) is 29.8 Å². The minimum atomic E-state index is -3.33. The lowest BCUT2D eigenvalue weighted by atomic mass is 10.1. The molecular weight excluding hydrogens is 260 g/mol. The smallest absolute Gasteiger partial charge is 0.243 e. The lowest BCUT2D eigenvalue weighted by molar-refractivity contribution is 0.196. The first-order valence-electron chi connectivity index (χ1n) is 6.65. The van der Waals surface area contributed by atoms with Crippen LogP contribution in [0.2, 0.25) is 0 Å². The van der Waals surface area contributed by atoms with Crippen LogP contribution >= 0.6 is 0 Å². The van der Waals surface area contributed by atoms with E-state index in [9.17, 15) is 8.42 Å². The number of aryl methyl sites for hydroxylation is 1. The van der Waals surface area contributed by atoms with Crippen LogP contribution in [0.3, 0.4) is 0 Å². The first kappa shape index (κ1) is 14.5. The Morgan fingerprint density at radius 2 is 1.74 bits per heavy atom. The van der Waals surface area contributed by atoms with E-state index in [1.807, 2.05) is 19.1 Å². The second kappa shape index (κ2) is 5.61. The highest BCUT2D eigenvalue weighted by molar-refractivity contribution is 7.89. The second-order valence-corrected chi connectivity index (χ2v) is 7.27. The highest BCUT2D eigenvalue weighted by Gasteiger charge is 2.30. The molecule has 0 saturated carbocycles. The van der Waals surface area contributed by atoms with Gasteiger partial charge in [-0.2, -0.15) is 4.31 Å². The molecule has 1 aliphatic heterocycles. The van der Waals surface area contributed by atoms with Crippen LogP contribution < -0.4 is 0 Å². The Labute approximate surface area is 116 Å². The lowest BCUT2D eigenvalue weighted by Gasteiger charge is -2.34. The summed E-state index contributed by atoms with van der Waals surface area (Å²) in [5, 5.41) is 0. The Hall–Kier alpha value is -0.910. The van der Waals surface area contributed by atoms with E-state index >= 15 is 0 Å².